The second kappa shape index (κ2) is 6.14. The third-order valence-corrected chi connectivity index (χ3v) is 1.17. The minimum absolute atomic E-state index is 0.970. The summed E-state index contributed by atoms with van der Waals surface area (Å²) in [5.41, 5.74) is 0. The lowest BCUT2D eigenvalue weighted by Gasteiger charge is -2.12. The van der Waals surface area contributed by atoms with Crippen LogP contribution in [0.1, 0.15) is 13.3 Å². The summed E-state index contributed by atoms with van der Waals surface area (Å²) < 4.78 is 0. The molecule has 56 valence electrons. The van der Waals surface area contributed by atoms with Gasteiger partial charge in [0, 0.05) is 6.54 Å². The molecule has 0 amide bonds. The van der Waals surface area contributed by atoms with Crippen molar-refractivity contribution in [3.05, 3.63) is 37.7 Å². The Hall–Kier alpha value is -0.980. The number of nitrogens with zero attached hydrogens (tertiary/aromatic N) is 1. The second-order valence-corrected chi connectivity index (χ2v) is 1.98. The molecule has 0 aromatic heterocycles. The maximum Gasteiger partial charge on any atom is 0.0253 e. The summed E-state index contributed by atoms with van der Waals surface area (Å²) >= 11 is 0. The monoisotopic (exact) mass is 137 g/mol. The van der Waals surface area contributed by atoms with Crippen molar-refractivity contribution < 1.29 is 0 Å². The first-order chi connectivity index (χ1) is 4.85. The van der Waals surface area contributed by atoms with Crippen molar-refractivity contribution in [2.75, 3.05) is 6.54 Å². The molecule has 0 aromatic carbocycles. The Bertz CT molecular complexity index is 125. The van der Waals surface area contributed by atoms with Gasteiger partial charge in [-0.15, -0.1) is 6.58 Å². The standard InChI is InChI=1S/C9H15N/c1-4-7-9-10(6-3)8-5-2/h4-6,8H,1,3,7,9H2,2H3/b8-5-. The second-order valence-electron chi connectivity index (χ2n) is 1.98. The van der Waals surface area contributed by atoms with Crippen LogP contribution in [0.3, 0.4) is 0 Å². The fourth-order valence-corrected chi connectivity index (χ4v) is 0.659. The van der Waals surface area contributed by atoms with Gasteiger partial charge in [0.05, 0.1) is 0 Å². The van der Waals surface area contributed by atoms with Gasteiger partial charge in [0.1, 0.15) is 0 Å². The average Bonchev–Trinajstić information content (AvgIpc) is 1.98. The van der Waals surface area contributed by atoms with E-state index in [4.69, 9.17) is 0 Å². The van der Waals surface area contributed by atoms with Crippen LogP contribution in [-0.4, -0.2) is 11.4 Å². The summed E-state index contributed by atoms with van der Waals surface area (Å²) in [7, 11) is 0. The molecule has 0 unspecified atom stereocenters. The van der Waals surface area contributed by atoms with Gasteiger partial charge in [0.15, 0.2) is 0 Å². The molecule has 1 heteroatoms. The lowest BCUT2D eigenvalue weighted by Crippen LogP contribution is -2.09. The normalized spacial score (nSPS) is 9.70. The molecule has 0 radical (unpaired) electrons. The van der Waals surface area contributed by atoms with E-state index in [-0.39, 0.29) is 0 Å². The Morgan fingerprint density at radius 1 is 1.40 bits per heavy atom. The molecule has 0 aliphatic rings. The Kier molecular flexibility index (Phi) is 5.54. The fraction of sp³-hybridized carbons (Fsp3) is 0.333. The molecule has 0 atom stereocenters. The van der Waals surface area contributed by atoms with Crippen molar-refractivity contribution in [2.24, 2.45) is 0 Å². The Morgan fingerprint density at radius 2 is 2.10 bits per heavy atom. The third-order valence-electron chi connectivity index (χ3n) is 1.17. The molecule has 0 rings (SSSR count). The summed E-state index contributed by atoms with van der Waals surface area (Å²) in [5.74, 6) is 0. The molecule has 0 saturated heterocycles. The molecule has 0 aromatic rings. The smallest absolute Gasteiger partial charge is 0.0253 e. The predicted octanol–water partition coefficient (Wildman–Crippen LogP) is 2.54. The van der Waals surface area contributed by atoms with E-state index in [0.717, 1.165) is 13.0 Å². The molecule has 10 heavy (non-hydrogen) atoms. The molecular weight excluding hydrogens is 122 g/mol. The molecule has 1 nitrogen and oxygen atoms in total. The molecule has 0 aliphatic carbocycles. The van der Waals surface area contributed by atoms with Gasteiger partial charge in [-0.25, -0.2) is 0 Å². The summed E-state index contributed by atoms with van der Waals surface area (Å²) in [6.45, 7) is 10.3. The van der Waals surface area contributed by atoms with Crippen LogP contribution >= 0.6 is 0 Å². The Balaban J connectivity index is 3.59. The van der Waals surface area contributed by atoms with Crippen molar-refractivity contribution in [2.45, 2.75) is 13.3 Å². The highest BCUT2D eigenvalue weighted by Gasteiger charge is 1.87. The number of hydrogen-bond acceptors (Lipinski definition) is 1. The molecule has 0 bridgehead atoms. The van der Waals surface area contributed by atoms with Crippen molar-refractivity contribution in [3.8, 4) is 0 Å². The molecule has 0 aliphatic heterocycles. The largest absolute Gasteiger partial charge is 0.355 e. The minimum Gasteiger partial charge on any atom is -0.355 e. The zero-order valence-electron chi connectivity index (χ0n) is 6.59. The molecule has 0 fully saturated rings. The predicted molar refractivity (Wildman–Crippen MR) is 46.5 cm³/mol. The molecule has 0 heterocycles. The van der Waals surface area contributed by atoms with Gasteiger partial charge in [-0.1, -0.05) is 18.7 Å². The van der Waals surface area contributed by atoms with E-state index in [1.54, 1.807) is 0 Å². The van der Waals surface area contributed by atoms with Crippen LogP contribution in [0.15, 0.2) is 37.7 Å². The molecular formula is C9H15N. The van der Waals surface area contributed by atoms with E-state index in [9.17, 15) is 0 Å². The topological polar surface area (TPSA) is 3.24 Å². The van der Waals surface area contributed by atoms with Gasteiger partial charge < -0.3 is 4.90 Å². The summed E-state index contributed by atoms with van der Waals surface area (Å²) in [6.07, 6.45) is 8.70. The molecule has 0 N–H and O–H groups in total. The summed E-state index contributed by atoms with van der Waals surface area (Å²) in [6, 6.07) is 0. The fourth-order valence-electron chi connectivity index (χ4n) is 0.659. The van der Waals surface area contributed by atoms with Crippen LogP contribution in [0, 0.1) is 0 Å². The van der Waals surface area contributed by atoms with Gasteiger partial charge in [-0.2, -0.15) is 0 Å². The van der Waals surface area contributed by atoms with Crippen LogP contribution < -0.4 is 0 Å². The molecule has 0 saturated carbocycles. The summed E-state index contributed by atoms with van der Waals surface area (Å²) in [4.78, 5) is 2.03. The van der Waals surface area contributed by atoms with Crippen LogP contribution in [-0.2, 0) is 0 Å². The third kappa shape index (κ3) is 3.96. The lowest BCUT2D eigenvalue weighted by atomic mass is 10.4. The highest BCUT2D eigenvalue weighted by molar-refractivity contribution is 4.86. The first kappa shape index (κ1) is 9.02. The first-order valence-electron chi connectivity index (χ1n) is 3.47. The number of allylic oxidation sites excluding steroid dienone is 1. The minimum atomic E-state index is 0.970. The van der Waals surface area contributed by atoms with Gasteiger partial charge >= 0.3 is 0 Å². The Morgan fingerprint density at radius 3 is 2.50 bits per heavy atom. The van der Waals surface area contributed by atoms with Crippen molar-refractivity contribution >= 4 is 0 Å². The van der Waals surface area contributed by atoms with Gasteiger partial charge in [0.25, 0.3) is 0 Å². The van der Waals surface area contributed by atoms with Crippen molar-refractivity contribution in [3.63, 3.8) is 0 Å². The SMILES string of the molecule is C=CCCN(C=C)/C=C\C. The number of hydrogen-bond donors (Lipinski definition) is 0. The highest BCUT2D eigenvalue weighted by Crippen LogP contribution is 1.93. The van der Waals surface area contributed by atoms with Gasteiger partial charge in [-0.3, -0.25) is 0 Å². The van der Waals surface area contributed by atoms with E-state index in [1.807, 2.05) is 36.4 Å². The highest BCUT2D eigenvalue weighted by atomic mass is 15.1. The quantitative estimate of drug-likeness (QED) is 0.526. The first-order valence-corrected chi connectivity index (χ1v) is 3.47. The number of rotatable bonds is 5. The van der Waals surface area contributed by atoms with Gasteiger partial charge in [0.2, 0.25) is 0 Å². The zero-order chi connectivity index (χ0) is 7.82. The van der Waals surface area contributed by atoms with Crippen LogP contribution in [0.5, 0.6) is 0 Å². The van der Waals surface area contributed by atoms with E-state index in [1.165, 1.54) is 0 Å². The Labute approximate surface area is 63.3 Å². The molecule has 0 spiro atoms. The van der Waals surface area contributed by atoms with E-state index in [0.29, 0.717) is 0 Å². The van der Waals surface area contributed by atoms with Crippen LogP contribution in [0.4, 0.5) is 0 Å². The van der Waals surface area contributed by atoms with Gasteiger partial charge in [-0.05, 0) is 25.7 Å². The van der Waals surface area contributed by atoms with E-state index < -0.39 is 0 Å². The lowest BCUT2D eigenvalue weighted by molar-refractivity contribution is 0.515. The summed E-state index contributed by atoms with van der Waals surface area (Å²) in [5, 5.41) is 0. The van der Waals surface area contributed by atoms with E-state index in [2.05, 4.69) is 13.2 Å². The van der Waals surface area contributed by atoms with Crippen molar-refractivity contribution in [1.29, 1.82) is 0 Å². The zero-order valence-corrected chi connectivity index (χ0v) is 6.59. The maximum atomic E-state index is 3.67. The maximum absolute atomic E-state index is 3.67. The van der Waals surface area contributed by atoms with Crippen LogP contribution in [0.25, 0.3) is 0 Å². The van der Waals surface area contributed by atoms with Crippen molar-refractivity contribution in [1.82, 2.24) is 4.90 Å². The average molecular weight is 137 g/mol. The van der Waals surface area contributed by atoms with Crippen LogP contribution in [0.2, 0.25) is 0 Å². The van der Waals surface area contributed by atoms with E-state index >= 15 is 0 Å².